The molecule has 1 saturated heterocycles. The van der Waals surface area contributed by atoms with E-state index in [1.807, 2.05) is 6.92 Å². The summed E-state index contributed by atoms with van der Waals surface area (Å²) in [6.45, 7) is 8.60. The lowest BCUT2D eigenvalue weighted by Crippen LogP contribution is -2.41. The number of aromatic nitrogens is 3. The minimum atomic E-state index is 0.0870. The second-order valence-electron chi connectivity index (χ2n) is 6.96. The van der Waals surface area contributed by atoms with Crippen molar-refractivity contribution in [2.45, 2.75) is 33.2 Å². The summed E-state index contributed by atoms with van der Waals surface area (Å²) < 4.78 is 1.58. The highest BCUT2D eigenvalue weighted by atomic mass is 32.1. The zero-order chi connectivity index (χ0) is 16.8. The van der Waals surface area contributed by atoms with Crippen molar-refractivity contribution >= 4 is 27.6 Å². The number of likely N-dealkylation sites (tertiary alicyclic amines) is 1. The van der Waals surface area contributed by atoms with Gasteiger partial charge in [-0.25, -0.2) is 4.98 Å². The first-order valence-electron chi connectivity index (χ1n) is 8.35. The quantitative estimate of drug-likeness (QED) is 0.767. The Balaban J connectivity index is 1.80. The van der Waals surface area contributed by atoms with Gasteiger partial charge in [-0.2, -0.15) is 4.52 Å². The van der Waals surface area contributed by atoms with Crippen LogP contribution in [0.25, 0.3) is 4.96 Å². The van der Waals surface area contributed by atoms with Crippen LogP contribution in [-0.2, 0) is 0 Å². The molecule has 3 aromatic heterocycles. The third-order valence-electron chi connectivity index (χ3n) is 4.63. The molecule has 0 radical (unpaired) electrons. The van der Waals surface area contributed by atoms with Crippen LogP contribution < -0.4 is 0 Å². The third-order valence-corrected chi connectivity index (χ3v) is 6.63. The summed E-state index contributed by atoms with van der Waals surface area (Å²) in [5.74, 6) is 2.27. The molecule has 0 saturated carbocycles. The fourth-order valence-corrected chi connectivity index (χ4v) is 5.97. The van der Waals surface area contributed by atoms with Gasteiger partial charge < -0.3 is 5.11 Å². The Morgan fingerprint density at radius 2 is 2.04 bits per heavy atom. The number of rotatable bonds is 3. The van der Waals surface area contributed by atoms with Crippen molar-refractivity contribution in [3.8, 4) is 5.88 Å². The predicted molar refractivity (Wildman–Crippen MR) is 97.9 cm³/mol. The number of thiazole rings is 1. The van der Waals surface area contributed by atoms with Crippen LogP contribution in [0.15, 0.2) is 17.5 Å². The van der Waals surface area contributed by atoms with Crippen molar-refractivity contribution in [1.82, 2.24) is 19.5 Å². The number of nitrogens with zero attached hydrogens (tertiary/aromatic N) is 4. The Kier molecular flexibility index (Phi) is 4.10. The molecule has 0 aromatic carbocycles. The van der Waals surface area contributed by atoms with Gasteiger partial charge in [-0.3, -0.25) is 4.90 Å². The van der Waals surface area contributed by atoms with E-state index in [1.54, 1.807) is 27.2 Å². The molecule has 0 bridgehead atoms. The van der Waals surface area contributed by atoms with Gasteiger partial charge in [-0.15, -0.1) is 16.4 Å². The van der Waals surface area contributed by atoms with Gasteiger partial charge in [0.25, 0.3) is 0 Å². The van der Waals surface area contributed by atoms with E-state index in [2.05, 4.69) is 46.3 Å². The average Bonchev–Trinajstić information content (AvgIpc) is 3.20. The maximum atomic E-state index is 10.8. The minimum absolute atomic E-state index is 0.0870. The first-order chi connectivity index (χ1) is 11.5. The van der Waals surface area contributed by atoms with Crippen LogP contribution in [-0.4, -0.2) is 37.7 Å². The molecule has 0 spiro atoms. The summed E-state index contributed by atoms with van der Waals surface area (Å²) in [7, 11) is 0. The number of aryl methyl sites for hydroxylation is 1. The van der Waals surface area contributed by atoms with Crippen LogP contribution >= 0.6 is 22.7 Å². The van der Waals surface area contributed by atoms with Crippen molar-refractivity contribution in [3.05, 3.63) is 33.1 Å². The molecule has 1 aliphatic rings. The van der Waals surface area contributed by atoms with Gasteiger partial charge in [0.05, 0.1) is 10.9 Å². The fourth-order valence-electron chi connectivity index (χ4n) is 3.87. The van der Waals surface area contributed by atoms with Crippen molar-refractivity contribution in [1.29, 1.82) is 0 Å². The van der Waals surface area contributed by atoms with E-state index in [1.165, 1.54) is 11.3 Å². The van der Waals surface area contributed by atoms with Crippen LogP contribution in [0.3, 0.4) is 0 Å². The Labute approximate surface area is 149 Å². The fraction of sp³-hybridized carbons (Fsp3) is 0.529. The van der Waals surface area contributed by atoms with E-state index < -0.39 is 0 Å². The molecular formula is C17H22N4OS2. The van der Waals surface area contributed by atoms with Crippen LogP contribution in [0.5, 0.6) is 5.88 Å². The molecule has 1 N–H and O–H groups in total. The van der Waals surface area contributed by atoms with Gasteiger partial charge in [0, 0.05) is 18.0 Å². The molecule has 4 heterocycles. The lowest BCUT2D eigenvalue weighted by molar-refractivity contribution is 0.113. The second kappa shape index (κ2) is 6.13. The molecule has 3 atom stereocenters. The molecule has 4 rings (SSSR count). The highest BCUT2D eigenvalue weighted by Gasteiger charge is 2.34. The number of thiophene rings is 1. The number of hydrogen-bond donors (Lipinski definition) is 1. The summed E-state index contributed by atoms with van der Waals surface area (Å²) in [5, 5.41) is 17.2. The Morgan fingerprint density at radius 3 is 2.67 bits per heavy atom. The monoisotopic (exact) mass is 362 g/mol. The maximum Gasteiger partial charge on any atom is 0.230 e. The standard InChI is InChI=1S/C17H22N4OS2/c1-10-7-11(2)9-20(8-10)14(13-5-4-6-23-13)15-16(22)21-17(24-15)18-12(3)19-21/h4-6,10-11,14,22H,7-9H2,1-3H3/t10-,11+,14-/m1/s1. The highest BCUT2D eigenvalue weighted by molar-refractivity contribution is 7.17. The Hall–Kier alpha value is -1.44. The highest BCUT2D eigenvalue weighted by Crippen LogP contribution is 2.43. The molecule has 5 nitrogen and oxygen atoms in total. The molecule has 3 aromatic rings. The summed E-state index contributed by atoms with van der Waals surface area (Å²) >= 11 is 3.30. The Morgan fingerprint density at radius 1 is 1.29 bits per heavy atom. The van der Waals surface area contributed by atoms with E-state index in [0.29, 0.717) is 17.7 Å². The van der Waals surface area contributed by atoms with Gasteiger partial charge in [0.15, 0.2) is 0 Å². The number of aromatic hydroxyl groups is 1. The van der Waals surface area contributed by atoms with E-state index in [-0.39, 0.29) is 11.9 Å². The predicted octanol–water partition coefficient (Wildman–Crippen LogP) is 3.93. The molecule has 1 fully saturated rings. The summed E-state index contributed by atoms with van der Waals surface area (Å²) in [6, 6.07) is 4.34. The van der Waals surface area contributed by atoms with E-state index in [9.17, 15) is 5.11 Å². The smallest absolute Gasteiger partial charge is 0.230 e. The van der Waals surface area contributed by atoms with Crippen molar-refractivity contribution in [3.63, 3.8) is 0 Å². The largest absolute Gasteiger partial charge is 0.492 e. The molecule has 24 heavy (non-hydrogen) atoms. The number of hydrogen-bond acceptors (Lipinski definition) is 6. The summed E-state index contributed by atoms with van der Waals surface area (Å²) in [4.78, 5) is 9.93. The molecule has 0 unspecified atom stereocenters. The summed E-state index contributed by atoms with van der Waals surface area (Å²) in [5.41, 5.74) is 0. The molecule has 0 amide bonds. The van der Waals surface area contributed by atoms with Gasteiger partial charge in [0.2, 0.25) is 10.8 Å². The zero-order valence-corrected chi connectivity index (χ0v) is 15.8. The maximum absolute atomic E-state index is 10.8. The Bertz CT molecular complexity index is 828. The lowest BCUT2D eigenvalue weighted by atomic mass is 9.90. The van der Waals surface area contributed by atoms with Gasteiger partial charge in [0.1, 0.15) is 5.82 Å². The molecule has 7 heteroatoms. The third kappa shape index (κ3) is 2.74. The average molecular weight is 363 g/mol. The van der Waals surface area contributed by atoms with Gasteiger partial charge in [-0.1, -0.05) is 31.3 Å². The van der Waals surface area contributed by atoms with Gasteiger partial charge >= 0.3 is 0 Å². The number of fused-ring (bicyclic) bond motifs is 1. The number of piperidine rings is 1. The minimum Gasteiger partial charge on any atom is -0.492 e. The van der Waals surface area contributed by atoms with Crippen LogP contribution in [0.2, 0.25) is 0 Å². The molecule has 0 aliphatic carbocycles. The van der Waals surface area contributed by atoms with Crippen LogP contribution in [0.1, 0.15) is 41.9 Å². The van der Waals surface area contributed by atoms with Crippen molar-refractivity contribution in [2.24, 2.45) is 11.8 Å². The van der Waals surface area contributed by atoms with Crippen molar-refractivity contribution < 1.29 is 5.11 Å². The second-order valence-corrected chi connectivity index (χ2v) is 8.95. The van der Waals surface area contributed by atoms with Crippen LogP contribution in [0, 0.1) is 18.8 Å². The van der Waals surface area contributed by atoms with Gasteiger partial charge in [-0.05, 0) is 36.6 Å². The van der Waals surface area contributed by atoms with Crippen molar-refractivity contribution in [2.75, 3.05) is 13.1 Å². The molecule has 128 valence electrons. The first-order valence-corrected chi connectivity index (χ1v) is 10.0. The topological polar surface area (TPSA) is 53.7 Å². The molecular weight excluding hydrogens is 340 g/mol. The lowest BCUT2D eigenvalue weighted by Gasteiger charge is -2.39. The SMILES string of the molecule is Cc1nc2sc([C@@H](c3cccs3)N3C[C@H](C)C[C@H](C)C3)c(O)n2n1. The zero-order valence-electron chi connectivity index (χ0n) is 14.1. The summed E-state index contributed by atoms with van der Waals surface area (Å²) in [6.07, 6.45) is 1.27. The normalized spacial score (nSPS) is 23.8. The van der Waals surface area contributed by atoms with Crippen LogP contribution in [0.4, 0.5) is 0 Å². The van der Waals surface area contributed by atoms with E-state index in [4.69, 9.17) is 0 Å². The first kappa shape index (κ1) is 16.1. The van der Waals surface area contributed by atoms with E-state index in [0.717, 1.165) is 22.9 Å². The van der Waals surface area contributed by atoms with E-state index >= 15 is 0 Å². The molecule has 1 aliphatic heterocycles.